The van der Waals surface area contributed by atoms with Crippen molar-refractivity contribution in [1.29, 1.82) is 0 Å². The normalized spacial score (nSPS) is 46.1. The van der Waals surface area contributed by atoms with Crippen molar-refractivity contribution in [3.8, 4) is 34.5 Å². The number of ether oxygens (including phenoxy) is 6. The Morgan fingerprint density at radius 2 is 0.417 bits per heavy atom. The molecular weight excluding hydrogens is 1500 g/mol. The van der Waals surface area contributed by atoms with Crippen LogP contribution in [0.15, 0.2) is 146 Å². The van der Waals surface area contributed by atoms with Gasteiger partial charge in [0.25, 0.3) is 0 Å². The summed E-state index contributed by atoms with van der Waals surface area (Å²) in [7, 11) is 14.6. The van der Waals surface area contributed by atoms with Crippen molar-refractivity contribution in [1.82, 2.24) is 29.4 Å². The van der Waals surface area contributed by atoms with Crippen molar-refractivity contribution < 1.29 is 182 Å². The molecule has 6 aliphatic carbocycles. The molecule has 0 aliphatic heterocycles. The standard InChI is InChI=1S/6C17H27NO2/c6*1-18(2)13-16(17(19)11-5-4-6-12-17)14-7-9-15(20-3)10-8-14/h6*7-10,16,19H,4-6,11-13H2,1-3H3/i1D3,2D3,4D2,5D2,6D2,11D2,12D2,13D2,16D;1D3,4D2,5D2,6D2,11D2,12D2,13D2,16D;1D3,2D3,4D2,5D2,6D2,11D2,12D2,16D;4D2,5D2,6D2,11D2,12D2,13D2,16D;1D3,4D2,5D2,6D2,11D2,12D2,16D;4D2,5D2,6D2,11D2,12D2,16D. The van der Waals surface area contributed by atoms with E-state index < -0.39 is 368 Å². The number of hydrogen-bond acceptors (Lipinski definition) is 18. The Morgan fingerprint density at radius 1 is 0.250 bits per heavy atom. The zero-order valence-electron chi connectivity index (χ0n) is 157. The summed E-state index contributed by atoms with van der Waals surface area (Å²) in [5.74, 6) is -19.6. The molecule has 6 saturated carbocycles. The van der Waals surface area contributed by atoms with E-state index in [1.54, 1.807) is 0 Å². The fraction of sp³-hybridized carbons (Fsp3) is 0.647. The Labute approximate surface area is 852 Å². The van der Waals surface area contributed by atoms with Crippen LogP contribution in [0.2, 0.25) is 0 Å². The van der Waals surface area contributed by atoms with E-state index in [4.69, 9.17) is 148 Å². The van der Waals surface area contributed by atoms with Crippen LogP contribution in [0.3, 0.4) is 0 Å². The second kappa shape index (κ2) is 50.0. The molecule has 18 heteroatoms. The first-order valence-corrected chi connectivity index (χ1v) is 35.4. The van der Waals surface area contributed by atoms with E-state index in [-0.39, 0.29) is 49.7 Å². The highest BCUT2D eigenvalue weighted by atomic mass is 16.5. The van der Waals surface area contributed by atoms with E-state index >= 15 is 0 Å². The molecule has 6 aliphatic rings. The predicted molar refractivity (Wildman–Crippen MR) is 494 cm³/mol. The fourth-order valence-corrected chi connectivity index (χ4v) is 10.8. The quantitative estimate of drug-likeness (QED) is 0.0249. The van der Waals surface area contributed by atoms with Crippen molar-refractivity contribution in [3.05, 3.63) is 179 Å². The van der Waals surface area contributed by atoms with Gasteiger partial charge in [0.1, 0.15) is 34.5 Å². The van der Waals surface area contributed by atoms with Crippen LogP contribution in [0.4, 0.5) is 0 Å². The molecule has 6 atom stereocenters. The van der Waals surface area contributed by atoms with E-state index in [0.29, 0.717) is 17.7 Å². The Hall–Kier alpha value is -6.36. The number of likely N-dealkylation sites (N-methyl/N-ethyl adjacent to an activating group) is 6. The lowest BCUT2D eigenvalue weighted by molar-refractivity contribution is -0.0280. The molecule has 0 bridgehead atoms. The third-order valence-corrected chi connectivity index (χ3v) is 16.5. The van der Waals surface area contributed by atoms with Crippen LogP contribution in [0.5, 0.6) is 34.5 Å². The summed E-state index contributed by atoms with van der Waals surface area (Å²) in [6.07, 6.45) is -120. The highest BCUT2D eigenvalue weighted by molar-refractivity contribution is 5.37. The van der Waals surface area contributed by atoms with Crippen molar-refractivity contribution in [2.24, 2.45) is 0 Å². The van der Waals surface area contributed by atoms with Gasteiger partial charge < -0.3 is 88.5 Å². The molecule has 0 heterocycles. The van der Waals surface area contributed by atoms with Crippen molar-refractivity contribution in [2.45, 2.75) is 260 Å². The molecule has 12 rings (SSSR count). The van der Waals surface area contributed by atoms with Crippen LogP contribution in [-0.4, -0.2) is 260 Å². The number of aliphatic hydroxyl groups is 6. The number of benzene rings is 6. The van der Waals surface area contributed by atoms with E-state index in [9.17, 15) is 34.8 Å². The summed E-state index contributed by atoms with van der Waals surface area (Å²) in [5.41, 5.74) is -28.4. The van der Waals surface area contributed by atoms with Crippen LogP contribution < -0.4 is 28.4 Å². The van der Waals surface area contributed by atoms with Gasteiger partial charge in [-0.3, -0.25) is 0 Å². The zero-order valence-corrected chi connectivity index (χ0v) is 67.3. The van der Waals surface area contributed by atoms with Gasteiger partial charge in [0.15, 0.2) is 0 Å². The lowest BCUT2D eigenvalue weighted by Gasteiger charge is -2.40. The number of rotatable bonds is 30. The maximum atomic E-state index is 12.0. The molecule has 0 aromatic heterocycles. The number of methoxy groups -OCH3 is 6. The molecule has 6 fully saturated rings. The first-order valence-electron chi connectivity index (χ1n) is 80.4. The molecular formula is C102H162N6O12. The van der Waals surface area contributed by atoms with Crippen LogP contribution in [0.25, 0.3) is 0 Å². The summed E-state index contributed by atoms with van der Waals surface area (Å²) in [5, 5.41) is 71.2. The number of hydrogen-bond donors (Lipinski definition) is 6. The Morgan fingerprint density at radius 3 is 0.600 bits per heavy atom. The second-order valence-corrected chi connectivity index (χ2v) is 25.7. The Bertz CT molecular complexity index is 7890. The summed E-state index contributed by atoms with van der Waals surface area (Å²) in [4.78, 5) is 1.45. The highest BCUT2D eigenvalue weighted by Crippen LogP contribution is 2.47. The molecule has 0 spiro atoms. The van der Waals surface area contributed by atoms with Crippen molar-refractivity contribution >= 4 is 0 Å². The lowest BCUT2D eigenvalue weighted by Crippen LogP contribution is -2.42. The van der Waals surface area contributed by atoms with Crippen molar-refractivity contribution in [3.63, 3.8) is 0 Å². The molecule has 0 saturated heterocycles. The Balaban J connectivity index is 0.000000334. The van der Waals surface area contributed by atoms with Crippen LogP contribution in [0.1, 0.15) is 383 Å². The average Bonchev–Trinajstić information content (AvgIpc) is 0.618. The SMILES string of the molecule is [2H]C(CN(C)C)(c1ccc(OC)cc1)C1(O)C([2H])([2H])C([2H])([2H])C([2H])([2H])C([2H])([2H])C1([2H])[2H].[2H]C([2H])(N(C)C)C([2H])(c1ccc(OC)cc1)C1(O)C([2H])([2H])C([2H])([2H])C([2H])([2H])C([2H])([2H])C1([2H])[2H].[2H]C([2H])([2H])N(C([2H])([2H])[2H])C([2H])([2H])C([2H])(c1ccc(OC)cc1)C1(O)C([2H])([2H])C([2H])([2H])C([2H])([2H])C([2H])([2H])C1([2H])[2H].[2H]C([2H])([2H])N(C)C([2H])([2H])C([2H])(c1ccc(OC)cc1)C1(O)C([2H])([2H])C([2H])([2H])C([2H])([2H])C([2H])([2H])C1([2H])[2H].[2H]C([2H])([2H])N(C)CC([2H])(c1ccc(OC)cc1)C1(O)C([2H])([2H])C([2H])([2H])C([2H])([2H])C([2H])([2H])C1([2H])[2H].[2H]C([2H])([2H])N(CC([2H])(c1ccc(OC)cc1)C1(O)C([2H])([2H])C([2H])([2H])C([2H])([2H])C([2H])([2H])C1([2H])[2H])C([2H])([2H])[2H]. The molecule has 6 aromatic carbocycles. The van der Waals surface area contributed by atoms with Crippen LogP contribution in [-0.2, 0) is 0 Å². The van der Waals surface area contributed by atoms with Crippen molar-refractivity contribution in [2.75, 3.05) is 166 Å². The molecule has 672 valence electrons. The van der Waals surface area contributed by atoms with Gasteiger partial charge in [-0.2, -0.15) is 0 Å². The van der Waals surface area contributed by atoms with E-state index in [0.717, 1.165) is 123 Å². The third kappa shape index (κ3) is 31.1. The van der Waals surface area contributed by atoms with Crippen LogP contribution in [0, 0.1) is 0 Å². The zero-order chi connectivity index (χ0) is 167. The molecule has 120 heavy (non-hydrogen) atoms. The van der Waals surface area contributed by atoms with Gasteiger partial charge in [0, 0.05) is 198 Å². The van der Waals surface area contributed by atoms with Crippen LogP contribution >= 0.6 is 0 Å². The fourth-order valence-electron chi connectivity index (χ4n) is 10.8. The van der Waals surface area contributed by atoms with Gasteiger partial charge in [0.05, 0.1) is 76.3 Å². The second-order valence-electron chi connectivity index (χ2n) is 25.7. The van der Waals surface area contributed by atoms with Gasteiger partial charge in [0.2, 0.25) is 0 Å². The van der Waals surface area contributed by atoms with Gasteiger partial charge in [-0.25, -0.2) is 0 Å². The van der Waals surface area contributed by atoms with Gasteiger partial charge in [-0.05, 0) is 267 Å². The largest absolute Gasteiger partial charge is 0.497 e. The lowest BCUT2D eigenvalue weighted by atomic mass is 9.72. The van der Waals surface area contributed by atoms with E-state index in [2.05, 4.69) is 0 Å². The maximum absolute atomic E-state index is 12.0. The summed E-state index contributed by atoms with van der Waals surface area (Å²) >= 11 is 0. The predicted octanol–water partition coefficient (Wildman–Crippen LogP) is 18.2. The first-order chi connectivity index (χ1) is 91.8. The summed E-state index contributed by atoms with van der Waals surface area (Å²) in [6.45, 7) is -35.8. The van der Waals surface area contributed by atoms with Gasteiger partial charge >= 0.3 is 0 Å². The summed E-state index contributed by atoms with van der Waals surface area (Å²) in [6, 6.07) is 26.4. The van der Waals surface area contributed by atoms with Gasteiger partial charge in [-0.15, -0.1) is 0 Å². The average molecular weight is 1750 g/mol. The molecule has 6 aromatic rings. The molecule has 0 amide bonds. The monoisotopic (exact) mass is 1750 g/mol. The first kappa shape index (κ1) is 32.8. The minimum atomic E-state index is -4.67. The minimum Gasteiger partial charge on any atom is -0.497 e. The van der Waals surface area contributed by atoms with E-state index in [1.165, 1.54) is 110 Å². The maximum Gasteiger partial charge on any atom is 0.118 e. The Kier molecular flexibility index (Phi) is 13.7. The highest BCUT2D eigenvalue weighted by Gasteiger charge is 2.45. The smallest absolute Gasteiger partial charge is 0.118 e. The summed E-state index contributed by atoms with van der Waals surface area (Å²) < 4.78 is 769. The molecule has 6 unspecified atom stereocenters. The van der Waals surface area contributed by atoms with E-state index in [1.807, 2.05) is 0 Å². The molecule has 6 N–H and O–H groups in total. The number of nitrogens with zero attached hydrogens (tertiary/aromatic N) is 6. The molecule has 0 radical (unpaired) electrons. The minimum absolute atomic E-state index is 0.00816. The molecule has 18 nitrogen and oxygen atoms in total. The third-order valence-electron chi connectivity index (χ3n) is 16.5. The topological polar surface area (TPSA) is 196 Å². The van der Waals surface area contributed by atoms with Gasteiger partial charge in [-0.1, -0.05) is 188 Å².